The zero-order valence-corrected chi connectivity index (χ0v) is 11.5. The van der Waals surface area contributed by atoms with Crippen LogP contribution in [0.5, 0.6) is 0 Å². The number of carbonyl (C=O) groups is 1. The van der Waals surface area contributed by atoms with E-state index in [9.17, 15) is 14.9 Å². The van der Waals surface area contributed by atoms with Crippen LogP contribution in [-0.4, -0.2) is 41.9 Å². The Bertz CT molecular complexity index is 479. The molecule has 1 aromatic carbocycles. The smallest absolute Gasteiger partial charge is 0.269 e. The van der Waals surface area contributed by atoms with Gasteiger partial charge in [-0.2, -0.15) is 0 Å². The van der Waals surface area contributed by atoms with Gasteiger partial charge < -0.3 is 10.2 Å². The molecule has 0 saturated carbocycles. The molecule has 0 aliphatic carbocycles. The highest BCUT2D eigenvalue weighted by Gasteiger charge is 2.21. The van der Waals surface area contributed by atoms with Crippen molar-refractivity contribution in [3.8, 4) is 0 Å². The molecule has 0 aromatic heterocycles. The van der Waals surface area contributed by atoms with Crippen molar-refractivity contribution >= 4 is 11.6 Å². The number of piperidine rings is 1. The lowest BCUT2D eigenvalue weighted by molar-refractivity contribution is -0.384. The molecule has 2 rings (SSSR count). The van der Waals surface area contributed by atoms with Crippen LogP contribution in [0.25, 0.3) is 0 Å². The molecule has 6 heteroatoms. The Labute approximate surface area is 117 Å². The SMILES string of the molecule is CNC1CCN(C(=O)Cc2ccc([N+](=O)[O-])cc2)CC1. The third-order valence-corrected chi connectivity index (χ3v) is 3.76. The van der Waals surface area contributed by atoms with Crippen molar-refractivity contribution in [2.45, 2.75) is 25.3 Å². The molecule has 20 heavy (non-hydrogen) atoms. The first-order valence-corrected chi connectivity index (χ1v) is 6.78. The topological polar surface area (TPSA) is 75.5 Å². The number of rotatable bonds is 4. The minimum atomic E-state index is -0.436. The van der Waals surface area contributed by atoms with E-state index in [0.717, 1.165) is 31.5 Å². The van der Waals surface area contributed by atoms with E-state index in [0.29, 0.717) is 12.5 Å². The van der Waals surface area contributed by atoms with Gasteiger partial charge in [0.2, 0.25) is 5.91 Å². The normalized spacial score (nSPS) is 16.1. The molecule has 6 nitrogen and oxygen atoms in total. The third kappa shape index (κ3) is 3.54. The molecule has 0 atom stereocenters. The molecule has 1 aliphatic rings. The number of hydrogen-bond acceptors (Lipinski definition) is 4. The monoisotopic (exact) mass is 277 g/mol. The molecule has 1 aliphatic heterocycles. The number of benzene rings is 1. The molecule has 0 unspecified atom stereocenters. The predicted molar refractivity (Wildman–Crippen MR) is 75.5 cm³/mol. The molecule has 0 spiro atoms. The molecular formula is C14H19N3O3. The van der Waals surface area contributed by atoms with Crippen molar-refractivity contribution in [1.82, 2.24) is 10.2 Å². The molecule has 0 radical (unpaired) electrons. The van der Waals surface area contributed by atoms with E-state index < -0.39 is 4.92 Å². The molecular weight excluding hydrogens is 258 g/mol. The largest absolute Gasteiger partial charge is 0.342 e. The summed E-state index contributed by atoms with van der Waals surface area (Å²) >= 11 is 0. The number of hydrogen-bond donors (Lipinski definition) is 1. The number of carbonyl (C=O) groups excluding carboxylic acids is 1. The second kappa shape index (κ2) is 6.47. The standard InChI is InChI=1S/C14H19N3O3/c1-15-12-6-8-16(9-7-12)14(18)10-11-2-4-13(5-3-11)17(19)20/h2-5,12,15H,6-10H2,1H3. The summed E-state index contributed by atoms with van der Waals surface area (Å²) in [4.78, 5) is 24.2. The molecule has 1 heterocycles. The van der Waals surface area contributed by atoms with Gasteiger partial charge in [-0.1, -0.05) is 12.1 Å². The van der Waals surface area contributed by atoms with Gasteiger partial charge in [-0.3, -0.25) is 14.9 Å². The maximum atomic E-state index is 12.2. The maximum Gasteiger partial charge on any atom is 0.269 e. The number of nitro benzene ring substituents is 1. The average molecular weight is 277 g/mol. The summed E-state index contributed by atoms with van der Waals surface area (Å²) in [6, 6.07) is 6.68. The Balaban J connectivity index is 1.90. The molecule has 1 amide bonds. The van der Waals surface area contributed by atoms with Crippen LogP contribution < -0.4 is 5.32 Å². The van der Waals surface area contributed by atoms with Crippen molar-refractivity contribution in [1.29, 1.82) is 0 Å². The maximum absolute atomic E-state index is 12.2. The Kier molecular flexibility index (Phi) is 4.68. The second-order valence-electron chi connectivity index (χ2n) is 5.04. The van der Waals surface area contributed by atoms with Crippen molar-refractivity contribution in [3.63, 3.8) is 0 Å². The van der Waals surface area contributed by atoms with E-state index in [2.05, 4.69) is 5.32 Å². The van der Waals surface area contributed by atoms with Gasteiger partial charge in [0.05, 0.1) is 11.3 Å². The van der Waals surface area contributed by atoms with E-state index >= 15 is 0 Å². The first-order valence-electron chi connectivity index (χ1n) is 6.78. The fraction of sp³-hybridized carbons (Fsp3) is 0.500. The van der Waals surface area contributed by atoms with Crippen molar-refractivity contribution in [2.75, 3.05) is 20.1 Å². The fourth-order valence-corrected chi connectivity index (χ4v) is 2.44. The Morgan fingerprint density at radius 2 is 1.95 bits per heavy atom. The van der Waals surface area contributed by atoms with Crippen LogP contribution in [0.2, 0.25) is 0 Å². The first kappa shape index (κ1) is 14.5. The van der Waals surface area contributed by atoms with Crippen molar-refractivity contribution in [2.24, 2.45) is 0 Å². The molecule has 1 saturated heterocycles. The van der Waals surface area contributed by atoms with Gasteiger partial charge in [0.1, 0.15) is 0 Å². The van der Waals surface area contributed by atoms with Crippen LogP contribution in [0.15, 0.2) is 24.3 Å². The van der Waals surface area contributed by atoms with Crippen LogP contribution >= 0.6 is 0 Å². The summed E-state index contributed by atoms with van der Waals surface area (Å²) in [5, 5.41) is 13.8. The van der Waals surface area contributed by atoms with Crippen LogP contribution in [0.4, 0.5) is 5.69 Å². The van der Waals surface area contributed by atoms with Gasteiger partial charge in [-0.05, 0) is 25.5 Å². The van der Waals surface area contributed by atoms with Gasteiger partial charge in [-0.25, -0.2) is 0 Å². The number of nitrogens with one attached hydrogen (secondary N) is 1. The summed E-state index contributed by atoms with van der Waals surface area (Å²) in [6.07, 6.45) is 2.26. The number of nitrogens with zero attached hydrogens (tertiary/aromatic N) is 2. The van der Waals surface area contributed by atoms with E-state index in [-0.39, 0.29) is 11.6 Å². The van der Waals surface area contributed by atoms with E-state index in [1.54, 1.807) is 12.1 Å². The minimum absolute atomic E-state index is 0.0519. The van der Waals surface area contributed by atoms with Crippen LogP contribution in [0.1, 0.15) is 18.4 Å². The van der Waals surface area contributed by atoms with Crippen LogP contribution in [0.3, 0.4) is 0 Å². The summed E-state index contributed by atoms with van der Waals surface area (Å²) in [7, 11) is 1.94. The molecule has 1 N–H and O–H groups in total. The summed E-state index contributed by atoms with van der Waals surface area (Å²) in [5.74, 6) is 0.0911. The van der Waals surface area contributed by atoms with Crippen LogP contribution in [-0.2, 0) is 11.2 Å². The summed E-state index contributed by atoms with van der Waals surface area (Å²) < 4.78 is 0. The molecule has 0 bridgehead atoms. The van der Waals surface area contributed by atoms with E-state index in [1.165, 1.54) is 12.1 Å². The lowest BCUT2D eigenvalue weighted by Gasteiger charge is -2.31. The molecule has 1 fully saturated rings. The van der Waals surface area contributed by atoms with Crippen LogP contribution in [0, 0.1) is 10.1 Å². The van der Waals surface area contributed by atoms with Gasteiger partial charge >= 0.3 is 0 Å². The Hall–Kier alpha value is -1.95. The lowest BCUT2D eigenvalue weighted by atomic mass is 10.0. The Morgan fingerprint density at radius 1 is 1.35 bits per heavy atom. The highest BCUT2D eigenvalue weighted by Crippen LogP contribution is 2.15. The van der Waals surface area contributed by atoms with E-state index in [1.807, 2.05) is 11.9 Å². The highest BCUT2D eigenvalue weighted by atomic mass is 16.6. The lowest BCUT2D eigenvalue weighted by Crippen LogP contribution is -2.44. The van der Waals surface area contributed by atoms with Crippen molar-refractivity contribution < 1.29 is 9.72 Å². The third-order valence-electron chi connectivity index (χ3n) is 3.76. The first-order chi connectivity index (χ1) is 9.60. The zero-order valence-electron chi connectivity index (χ0n) is 11.5. The van der Waals surface area contributed by atoms with Crippen molar-refractivity contribution in [3.05, 3.63) is 39.9 Å². The molecule has 108 valence electrons. The minimum Gasteiger partial charge on any atom is -0.342 e. The number of likely N-dealkylation sites (tertiary alicyclic amines) is 1. The highest BCUT2D eigenvalue weighted by molar-refractivity contribution is 5.79. The fourth-order valence-electron chi connectivity index (χ4n) is 2.44. The predicted octanol–water partition coefficient (Wildman–Crippen LogP) is 1.35. The van der Waals surface area contributed by atoms with E-state index in [4.69, 9.17) is 0 Å². The quantitative estimate of drug-likeness (QED) is 0.666. The number of non-ortho nitro benzene ring substituents is 1. The van der Waals surface area contributed by atoms with Gasteiger partial charge in [0.15, 0.2) is 0 Å². The molecule has 1 aromatic rings. The number of nitro groups is 1. The number of amides is 1. The van der Waals surface area contributed by atoms with Gasteiger partial charge in [0.25, 0.3) is 5.69 Å². The zero-order chi connectivity index (χ0) is 14.5. The average Bonchev–Trinajstić information content (AvgIpc) is 2.48. The second-order valence-corrected chi connectivity index (χ2v) is 5.04. The summed E-state index contributed by atoms with van der Waals surface area (Å²) in [6.45, 7) is 1.55. The van der Waals surface area contributed by atoms with Gasteiger partial charge in [-0.15, -0.1) is 0 Å². The Morgan fingerprint density at radius 3 is 2.45 bits per heavy atom. The van der Waals surface area contributed by atoms with Gasteiger partial charge in [0, 0.05) is 31.3 Å². The summed E-state index contributed by atoms with van der Waals surface area (Å²) in [5.41, 5.74) is 0.868.